The lowest BCUT2D eigenvalue weighted by Crippen LogP contribution is -2.03. The van der Waals surface area contributed by atoms with Gasteiger partial charge in [-0.15, -0.1) is 0 Å². The van der Waals surface area contributed by atoms with Crippen LogP contribution in [-0.4, -0.2) is 7.25 Å². The van der Waals surface area contributed by atoms with E-state index in [1.54, 1.807) is 12.1 Å². The van der Waals surface area contributed by atoms with Crippen molar-refractivity contribution < 1.29 is 30.4 Å². The van der Waals surface area contributed by atoms with Gasteiger partial charge in [0, 0.05) is 21.2 Å². The summed E-state index contributed by atoms with van der Waals surface area (Å²) in [6.07, 6.45) is -4.30. The maximum absolute atomic E-state index is 12.8. The summed E-state index contributed by atoms with van der Waals surface area (Å²) in [5.41, 5.74) is -0.606. The number of hydrogen-bond acceptors (Lipinski definition) is 0. The van der Waals surface area contributed by atoms with Crippen LogP contribution >= 0.6 is 10.5 Å². The van der Waals surface area contributed by atoms with Gasteiger partial charge in [0.1, 0.15) is 0 Å². The van der Waals surface area contributed by atoms with Gasteiger partial charge in [0.15, 0.2) is 14.3 Å². The minimum atomic E-state index is -6.00. The number of benzene rings is 3. The standard InChI is InChI=1S/C19H12F3S.BF4/c20-19(21,22)13-9-11-14(12-10-13)23-17-7-3-1-5-15(17)16-6-2-4-8-18(16)23;2-1(3,4)5/h1-12H;/q+1;-1. The quantitative estimate of drug-likeness (QED) is 0.167. The fourth-order valence-corrected chi connectivity index (χ4v) is 5.26. The lowest BCUT2D eigenvalue weighted by atomic mass is 10.2. The van der Waals surface area contributed by atoms with Crippen molar-refractivity contribution in [1.82, 2.24) is 0 Å². The first-order chi connectivity index (χ1) is 13.1. The van der Waals surface area contributed by atoms with Crippen LogP contribution < -0.4 is 0 Å². The Morgan fingerprint density at radius 2 is 1.00 bits per heavy atom. The van der Waals surface area contributed by atoms with Gasteiger partial charge in [-0.05, 0) is 48.5 Å². The van der Waals surface area contributed by atoms with Gasteiger partial charge in [0.2, 0.25) is 0 Å². The molecule has 9 heteroatoms. The molecule has 0 radical (unpaired) electrons. The molecule has 0 fully saturated rings. The predicted octanol–water partition coefficient (Wildman–Crippen LogP) is 8.05. The van der Waals surface area contributed by atoms with Crippen LogP contribution in [0.5, 0.6) is 0 Å². The summed E-state index contributed by atoms with van der Waals surface area (Å²) in [4.78, 5) is 0.912. The molecule has 1 heterocycles. The van der Waals surface area contributed by atoms with E-state index >= 15 is 0 Å². The summed E-state index contributed by atoms with van der Waals surface area (Å²) >= 11 is 0. The average molecular weight is 416 g/mol. The highest BCUT2D eigenvalue weighted by Crippen LogP contribution is 2.48. The molecule has 3 aromatic carbocycles. The number of rotatable bonds is 1. The minimum Gasteiger partial charge on any atom is -0.418 e. The Balaban J connectivity index is 0.000000403. The van der Waals surface area contributed by atoms with E-state index in [0.717, 1.165) is 4.90 Å². The third-order valence-corrected chi connectivity index (χ3v) is 6.26. The fraction of sp³-hybridized carbons (Fsp3) is 0.0526. The molecule has 0 aliphatic rings. The minimum absolute atomic E-state index is 0.343. The second-order valence-corrected chi connectivity index (χ2v) is 7.78. The summed E-state index contributed by atoms with van der Waals surface area (Å²) in [6, 6.07) is 21.8. The normalized spacial score (nSPS) is 12.1. The first kappa shape index (κ1) is 20.2. The molecule has 0 spiro atoms. The summed E-state index contributed by atoms with van der Waals surface area (Å²) in [5.74, 6) is 0. The van der Waals surface area contributed by atoms with E-state index in [1.165, 1.54) is 32.3 Å². The molecule has 0 nitrogen and oxygen atoms in total. The van der Waals surface area contributed by atoms with Crippen LogP contribution in [0.4, 0.5) is 30.4 Å². The fourth-order valence-electron chi connectivity index (χ4n) is 2.89. The summed E-state index contributed by atoms with van der Waals surface area (Å²) in [6.45, 7) is 0. The maximum atomic E-state index is 12.8. The zero-order valence-corrected chi connectivity index (χ0v) is 14.9. The third kappa shape index (κ3) is 4.47. The van der Waals surface area contributed by atoms with E-state index in [2.05, 4.69) is 24.3 Å². The first-order valence-electron chi connectivity index (χ1n) is 8.03. The Morgan fingerprint density at radius 3 is 1.39 bits per heavy atom. The second kappa shape index (κ2) is 7.46. The zero-order valence-electron chi connectivity index (χ0n) is 14.1. The first-order valence-corrected chi connectivity index (χ1v) is 9.25. The number of hydrogen-bond donors (Lipinski definition) is 0. The van der Waals surface area contributed by atoms with Gasteiger partial charge in [-0.3, -0.25) is 0 Å². The largest absolute Gasteiger partial charge is 0.673 e. The Kier molecular flexibility index (Phi) is 5.38. The second-order valence-electron chi connectivity index (χ2n) is 5.82. The number of thiophene rings is 1. The highest BCUT2D eigenvalue weighted by Gasteiger charge is 2.31. The van der Waals surface area contributed by atoms with Gasteiger partial charge in [-0.25, -0.2) is 0 Å². The molecule has 0 aliphatic heterocycles. The van der Waals surface area contributed by atoms with E-state index in [-0.39, 0.29) is 10.5 Å². The monoisotopic (exact) mass is 416 g/mol. The third-order valence-electron chi connectivity index (χ3n) is 3.92. The molecule has 0 unspecified atom stereocenters. The number of alkyl halides is 3. The summed E-state index contributed by atoms with van der Waals surface area (Å²) in [5, 5.41) is 2.35. The molecule has 0 aliphatic carbocycles. The van der Waals surface area contributed by atoms with Crippen molar-refractivity contribution in [2.24, 2.45) is 0 Å². The molecule has 0 saturated carbocycles. The van der Waals surface area contributed by atoms with E-state index in [0.29, 0.717) is 0 Å². The lowest BCUT2D eigenvalue weighted by Gasteiger charge is -2.05. The smallest absolute Gasteiger partial charge is 0.418 e. The topological polar surface area (TPSA) is 0 Å². The summed E-state index contributed by atoms with van der Waals surface area (Å²) < 4.78 is 79.7. The number of halogens is 7. The van der Waals surface area contributed by atoms with Gasteiger partial charge in [0.05, 0.1) is 5.56 Å². The molecule has 0 N–H and O–H groups in total. The molecule has 4 rings (SSSR count). The molecule has 28 heavy (non-hydrogen) atoms. The highest BCUT2D eigenvalue weighted by molar-refractivity contribution is 7.50. The molecule has 0 saturated heterocycles. The predicted molar refractivity (Wildman–Crippen MR) is 100 cm³/mol. The van der Waals surface area contributed by atoms with Gasteiger partial charge in [-0.2, -0.15) is 13.2 Å². The van der Waals surface area contributed by atoms with Crippen LogP contribution in [0.15, 0.2) is 72.8 Å². The van der Waals surface area contributed by atoms with E-state index in [1.807, 2.05) is 24.3 Å². The van der Waals surface area contributed by atoms with Crippen molar-refractivity contribution >= 4 is 37.9 Å². The Hall–Kier alpha value is -2.55. The van der Waals surface area contributed by atoms with Gasteiger partial charge < -0.3 is 17.3 Å². The lowest BCUT2D eigenvalue weighted by molar-refractivity contribution is -0.137. The van der Waals surface area contributed by atoms with Crippen molar-refractivity contribution in [1.29, 1.82) is 0 Å². The molecule has 4 aromatic rings. The van der Waals surface area contributed by atoms with Crippen LogP contribution in [0.3, 0.4) is 0 Å². The molecule has 0 bridgehead atoms. The molecular formula is C19H12BF7S. The van der Waals surface area contributed by atoms with Crippen molar-refractivity contribution in [3.8, 4) is 4.90 Å². The van der Waals surface area contributed by atoms with Crippen molar-refractivity contribution in [3.05, 3.63) is 78.4 Å². The Labute approximate surface area is 158 Å². The molecule has 146 valence electrons. The SMILES string of the molecule is FC(F)(F)c1ccc(-[s+]2c3ccccc3c3ccccc32)cc1.F[B-](F)(F)F. The highest BCUT2D eigenvalue weighted by atomic mass is 32.2. The van der Waals surface area contributed by atoms with Crippen LogP contribution in [-0.2, 0) is 6.18 Å². The Morgan fingerprint density at radius 1 is 0.607 bits per heavy atom. The van der Waals surface area contributed by atoms with Crippen molar-refractivity contribution in [2.75, 3.05) is 0 Å². The van der Waals surface area contributed by atoms with Crippen LogP contribution in [0.25, 0.3) is 25.1 Å². The van der Waals surface area contributed by atoms with Crippen LogP contribution in [0.1, 0.15) is 5.56 Å². The van der Waals surface area contributed by atoms with Crippen molar-refractivity contribution in [3.63, 3.8) is 0 Å². The Bertz CT molecular complexity index is 1040. The molecule has 0 atom stereocenters. The average Bonchev–Trinajstić information content (AvgIpc) is 2.94. The zero-order chi connectivity index (χ0) is 20.5. The van der Waals surface area contributed by atoms with E-state index in [9.17, 15) is 30.4 Å². The van der Waals surface area contributed by atoms with Crippen molar-refractivity contribution in [2.45, 2.75) is 6.18 Å². The van der Waals surface area contributed by atoms with E-state index < -0.39 is 19.0 Å². The van der Waals surface area contributed by atoms with Crippen LogP contribution in [0, 0.1) is 0 Å². The maximum Gasteiger partial charge on any atom is 0.673 e. The molecule has 0 amide bonds. The molecular weight excluding hydrogens is 404 g/mol. The van der Waals surface area contributed by atoms with Gasteiger partial charge in [-0.1, -0.05) is 24.3 Å². The van der Waals surface area contributed by atoms with Gasteiger partial charge >= 0.3 is 13.4 Å². The van der Waals surface area contributed by atoms with E-state index in [4.69, 9.17) is 0 Å². The molecule has 1 aromatic heterocycles. The van der Waals surface area contributed by atoms with Crippen LogP contribution in [0.2, 0.25) is 0 Å². The van der Waals surface area contributed by atoms with Gasteiger partial charge in [0.25, 0.3) is 0 Å². The number of fused-ring (bicyclic) bond motifs is 3. The summed E-state index contributed by atoms with van der Waals surface area (Å²) in [7, 11) is -6.34.